The van der Waals surface area contributed by atoms with Gasteiger partial charge in [-0.3, -0.25) is 24.4 Å². The Morgan fingerprint density at radius 2 is 1.69 bits per heavy atom. The average molecular weight is 418 g/mol. The number of rotatable bonds is 3. The summed E-state index contributed by atoms with van der Waals surface area (Å²) in [5.74, 6) is -0.504. The van der Waals surface area contributed by atoms with Gasteiger partial charge in [-0.25, -0.2) is 0 Å². The molecular formula is C19H20ClN5O4. The van der Waals surface area contributed by atoms with Crippen LogP contribution in [0.1, 0.15) is 39.4 Å². The summed E-state index contributed by atoms with van der Waals surface area (Å²) < 4.78 is 1.90. The first kappa shape index (κ1) is 19.4. The van der Waals surface area contributed by atoms with Crippen molar-refractivity contribution < 1.29 is 14.5 Å². The van der Waals surface area contributed by atoms with E-state index in [0.717, 1.165) is 31.5 Å². The highest BCUT2D eigenvalue weighted by atomic mass is 35.5. The van der Waals surface area contributed by atoms with Crippen LogP contribution in [-0.2, 0) is 13.0 Å². The molecule has 1 fully saturated rings. The van der Waals surface area contributed by atoms with E-state index in [-0.39, 0.29) is 28.1 Å². The number of halogens is 1. The van der Waals surface area contributed by atoms with Crippen molar-refractivity contribution in [3.8, 4) is 0 Å². The average Bonchev–Trinajstić information content (AvgIpc) is 3.17. The molecule has 1 aromatic carbocycles. The second-order valence-corrected chi connectivity index (χ2v) is 7.61. The number of carbonyl (C=O) groups excluding carboxylic acids is 2. The smallest absolute Gasteiger partial charge is 0.274 e. The number of non-ortho nitro benzene ring substituents is 1. The molecule has 1 saturated heterocycles. The van der Waals surface area contributed by atoms with Gasteiger partial charge in [0, 0.05) is 50.6 Å². The van der Waals surface area contributed by atoms with Crippen LogP contribution in [0.25, 0.3) is 0 Å². The summed E-state index contributed by atoms with van der Waals surface area (Å²) in [6, 6.07) is 5.67. The van der Waals surface area contributed by atoms with Gasteiger partial charge >= 0.3 is 0 Å². The molecule has 3 heterocycles. The van der Waals surface area contributed by atoms with Crippen molar-refractivity contribution in [1.82, 2.24) is 19.6 Å². The molecule has 0 bridgehead atoms. The summed E-state index contributed by atoms with van der Waals surface area (Å²) in [5, 5.41) is 15.6. The maximum atomic E-state index is 12.8. The first-order valence-corrected chi connectivity index (χ1v) is 9.91. The fourth-order valence-electron chi connectivity index (χ4n) is 3.76. The van der Waals surface area contributed by atoms with Gasteiger partial charge in [-0.05, 0) is 31.4 Å². The van der Waals surface area contributed by atoms with Crippen molar-refractivity contribution in [2.75, 3.05) is 26.2 Å². The van der Waals surface area contributed by atoms with Crippen LogP contribution in [0, 0.1) is 10.1 Å². The molecule has 0 aliphatic carbocycles. The summed E-state index contributed by atoms with van der Waals surface area (Å²) >= 11 is 6.08. The molecule has 2 aliphatic rings. The van der Waals surface area contributed by atoms with Gasteiger partial charge in [0.2, 0.25) is 0 Å². The fraction of sp³-hybridized carbons (Fsp3) is 0.421. The van der Waals surface area contributed by atoms with Gasteiger partial charge in [-0.15, -0.1) is 0 Å². The molecule has 2 aliphatic heterocycles. The summed E-state index contributed by atoms with van der Waals surface area (Å²) in [6.07, 6.45) is 3.12. The highest BCUT2D eigenvalue weighted by molar-refractivity contribution is 6.33. The topological polar surface area (TPSA) is 102 Å². The number of fused-ring (bicyclic) bond motifs is 1. The van der Waals surface area contributed by atoms with E-state index in [9.17, 15) is 19.7 Å². The molecule has 29 heavy (non-hydrogen) atoms. The normalized spacial score (nSPS) is 16.4. The molecule has 9 nitrogen and oxygen atoms in total. The molecule has 0 unspecified atom stereocenters. The third-order valence-electron chi connectivity index (χ3n) is 5.38. The van der Waals surface area contributed by atoms with Crippen LogP contribution in [0.3, 0.4) is 0 Å². The molecule has 0 spiro atoms. The summed E-state index contributed by atoms with van der Waals surface area (Å²) in [5.41, 5.74) is 1.45. The van der Waals surface area contributed by atoms with E-state index in [1.165, 1.54) is 18.2 Å². The number of carbonyl (C=O) groups is 2. The maximum Gasteiger partial charge on any atom is 0.274 e. The van der Waals surface area contributed by atoms with Crippen LogP contribution < -0.4 is 0 Å². The minimum atomic E-state index is -0.561. The molecule has 2 amide bonds. The van der Waals surface area contributed by atoms with E-state index in [4.69, 9.17) is 11.6 Å². The number of aromatic nitrogens is 2. The summed E-state index contributed by atoms with van der Waals surface area (Å²) in [6.45, 7) is 2.25. The number of piperazine rings is 1. The zero-order valence-corrected chi connectivity index (χ0v) is 16.5. The molecule has 152 valence electrons. The van der Waals surface area contributed by atoms with Gasteiger partial charge in [-0.1, -0.05) is 11.6 Å². The maximum absolute atomic E-state index is 12.8. The van der Waals surface area contributed by atoms with Crippen LogP contribution in [0.5, 0.6) is 0 Å². The molecule has 0 saturated carbocycles. The van der Waals surface area contributed by atoms with Crippen LogP contribution in [0.15, 0.2) is 24.3 Å². The highest BCUT2D eigenvalue weighted by Crippen LogP contribution is 2.24. The van der Waals surface area contributed by atoms with Gasteiger partial charge in [-0.2, -0.15) is 5.10 Å². The fourth-order valence-corrected chi connectivity index (χ4v) is 3.96. The number of hydrogen-bond acceptors (Lipinski definition) is 5. The number of nitrogens with zero attached hydrogens (tertiary/aromatic N) is 5. The number of nitro groups is 1. The van der Waals surface area contributed by atoms with E-state index < -0.39 is 4.92 Å². The zero-order valence-electron chi connectivity index (χ0n) is 15.7. The Kier molecular flexibility index (Phi) is 5.23. The Morgan fingerprint density at radius 3 is 2.34 bits per heavy atom. The van der Waals surface area contributed by atoms with Gasteiger partial charge in [0.15, 0.2) is 5.69 Å². The largest absolute Gasteiger partial charge is 0.335 e. The molecular weight excluding hydrogens is 398 g/mol. The Bertz CT molecular complexity index is 957. The summed E-state index contributed by atoms with van der Waals surface area (Å²) in [7, 11) is 0. The number of hydrogen-bond donors (Lipinski definition) is 0. The van der Waals surface area contributed by atoms with Crippen molar-refractivity contribution in [3.05, 3.63) is 56.4 Å². The van der Waals surface area contributed by atoms with Crippen molar-refractivity contribution in [2.24, 2.45) is 0 Å². The number of aryl methyl sites for hydroxylation is 2. The monoisotopic (exact) mass is 417 g/mol. The second kappa shape index (κ2) is 7.82. The standard InChI is InChI=1S/C19H20ClN5O4/c20-16-5-4-14(25(28)29)11-15(16)18(26)22-7-9-23(10-8-22)19(27)17-12-13-3-1-2-6-24(13)21-17/h4-5,11-12H,1-3,6-10H2. The molecule has 4 rings (SSSR count). The Morgan fingerprint density at radius 1 is 1.00 bits per heavy atom. The summed E-state index contributed by atoms with van der Waals surface area (Å²) in [4.78, 5) is 39.2. The highest BCUT2D eigenvalue weighted by Gasteiger charge is 2.29. The van der Waals surface area contributed by atoms with E-state index >= 15 is 0 Å². The van der Waals surface area contributed by atoms with Crippen LogP contribution in [0.4, 0.5) is 5.69 Å². The molecule has 0 radical (unpaired) electrons. The number of amides is 2. The molecule has 2 aromatic rings. The molecule has 1 aromatic heterocycles. The lowest BCUT2D eigenvalue weighted by Crippen LogP contribution is -2.50. The van der Waals surface area contributed by atoms with Gasteiger partial charge in [0.1, 0.15) is 0 Å². The lowest BCUT2D eigenvalue weighted by molar-refractivity contribution is -0.384. The molecule has 0 N–H and O–H groups in total. The van der Waals surface area contributed by atoms with Crippen molar-refractivity contribution in [1.29, 1.82) is 0 Å². The van der Waals surface area contributed by atoms with Gasteiger partial charge in [0.25, 0.3) is 17.5 Å². The van der Waals surface area contributed by atoms with Crippen molar-refractivity contribution in [3.63, 3.8) is 0 Å². The Labute approximate surface area is 172 Å². The van der Waals surface area contributed by atoms with E-state index in [1.807, 2.05) is 10.7 Å². The number of nitro benzene ring substituents is 1. The number of benzene rings is 1. The predicted molar refractivity (Wildman–Crippen MR) is 105 cm³/mol. The van der Waals surface area contributed by atoms with E-state index in [0.29, 0.717) is 31.9 Å². The Hall–Kier alpha value is -2.94. The first-order valence-electron chi connectivity index (χ1n) is 9.53. The van der Waals surface area contributed by atoms with Crippen LogP contribution in [0.2, 0.25) is 5.02 Å². The molecule has 0 atom stereocenters. The van der Waals surface area contributed by atoms with Gasteiger partial charge < -0.3 is 9.80 Å². The first-order chi connectivity index (χ1) is 13.9. The quantitative estimate of drug-likeness (QED) is 0.563. The Balaban J connectivity index is 1.42. The zero-order chi connectivity index (χ0) is 20.5. The van der Waals surface area contributed by atoms with Crippen molar-refractivity contribution >= 4 is 29.1 Å². The van der Waals surface area contributed by atoms with Crippen molar-refractivity contribution in [2.45, 2.75) is 25.8 Å². The minimum Gasteiger partial charge on any atom is -0.335 e. The predicted octanol–water partition coefficient (Wildman–Crippen LogP) is 2.38. The van der Waals surface area contributed by atoms with Crippen LogP contribution >= 0.6 is 11.6 Å². The lowest BCUT2D eigenvalue weighted by atomic mass is 10.1. The third-order valence-corrected chi connectivity index (χ3v) is 5.71. The molecule has 10 heteroatoms. The van der Waals surface area contributed by atoms with Crippen LogP contribution in [-0.4, -0.2) is 62.5 Å². The SMILES string of the molecule is O=C(c1cc2n(n1)CCCC2)N1CCN(C(=O)c2cc([N+](=O)[O-])ccc2Cl)CC1. The van der Waals surface area contributed by atoms with Gasteiger partial charge in [0.05, 0.1) is 15.5 Å². The van der Waals surface area contributed by atoms with E-state index in [2.05, 4.69) is 5.10 Å². The van der Waals surface area contributed by atoms with E-state index in [1.54, 1.807) is 9.80 Å². The third kappa shape index (κ3) is 3.82. The second-order valence-electron chi connectivity index (χ2n) is 7.21. The lowest BCUT2D eigenvalue weighted by Gasteiger charge is -2.34. The minimum absolute atomic E-state index is 0.0995.